The quantitative estimate of drug-likeness (QED) is 0.486. The fourth-order valence-electron chi connectivity index (χ4n) is 3.18. The van der Waals surface area contributed by atoms with E-state index >= 15 is 0 Å². The third kappa shape index (κ3) is 3.73. The first-order chi connectivity index (χ1) is 14.1. The molecule has 148 valence electrons. The summed E-state index contributed by atoms with van der Waals surface area (Å²) < 4.78 is 10.7. The van der Waals surface area contributed by atoms with E-state index in [0.29, 0.717) is 23.9 Å². The number of hydrogen-bond acceptors (Lipinski definition) is 7. The average Bonchev–Trinajstić information content (AvgIpc) is 3.06. The zero-order valence-corrected chi connectivity index (χ0v) is 17.6. The van der Waals surface area contributed by atoms with Crippen molar-refractivity contribution in [3.8, 4) is 22.9 Å². The monoisotopic (exact) mass is 406 g/mol. The minimum Gasteiger partial charge on any atom is -0.493 e. The number of rotatable bonds is 6. The Morgan fingerprint density at radius 1 is 0.966 bits per heavy atom. The molecule has 0 bridgehead atoms. The minimum absolute atomic E-state index is 0.608. The van der Waals surface area contributed by atoms with E-state index in [1.807, 2.05) is 30.3 Å². The smallest absolute Gasteiger partial charge is 0.163 e. The van der Waals surface area contributed by atoms with Crippen molar-refractivity contribution in [1.29, 1.82) is 0 Å². The molecule has 4 aromatic rings. The molecular formula is C22H22N4O2S. The Morgan fingerprint density at radius 2 is 1.72 bits per heavy atom. The molecule has 7 heteroatoms. The van der Waals surface area contributed by atoms with E-state index in [1.165, 1.54) is 10.4 Å². The van der Waals surface area contributed by atoms with E-state index < -0.39 is 0 Å². The largest absolute Gasteiger partial charge is 0.493 e. The molecule has 0 saturated heterocycles. The summed E-state index contributed by atoms with van der Waals surface area (Å²) >= 11 is 1.69. The molecule has 0 atom stereocenters. The van der Waals surface area contributed by atoms with E-state index in [1.54, 1.807) is 38.0 Å². The second-order valence-electron chi connectivity index (χ2n) is 6.64. The Labute approximate surface area is 173 Å². The lowest BCUT2D eigenvalue weighted by atomic mass is 10.1. The molecule has 0 aliphatic carbocycles. The maximum absolute atomic E-state index is 5.42. The van der Waals surface area contributed by atoms with Crippen molar-refractivity contribution in [2.45, 2.75) is 20.4 Å². The van der Waals surface area contributed by atoms with Gasteiger partial charge in [-0.1, -0.05) is 6.07 Å². The van der Waals surface area contributed by atoms with Gasteiger partial charge in [0, 0.05) is 29.4 Å². The Kier molecular flexibility index (Phi) is 5.31. The van der Waals surface area contributed by atoms with Gasteiger partial charge in [0.05, 0.1) is 19.6 Å². The molecule has 1 aromatic carbocycles. The maximum atomic E-state index is 5.42. The second kappa shape index (κ2) is 8.05. The number of anilines is 1. The average molecular weight is 407 g/mol. The standard InChI is InChI=1S/C22H22N4O2S/c1-13-14(2)29-22-19(13)21(25-20(26-22)16-7-9-23-10-8-16)24-12-15-5-6-17(27-3)18(11-15)28-4/h5-11H,12H2,1-4H3,(H,24,25,26). The minimum atomic E-state index is 0.608. The van der Waals surface area contributed by atoms with Crippen molar-refractivity contribution in [3.63, 3.8) is 0 Å². The highest BCUT2D eigenvalue weighted by atomic mass is 32.1. The molecule has 0 spiro atoms. The summed E-state index contributed by atoms with van der Waals surface area (Å²) in [4.78, 5) is 16.0. The summed E-state index contributed by atoms with van der Waals surface area (Å²) in [7, 11) is 3.28. The number of pyridine rings is 1. The van der Waals surface area contributed by atoms with Gasteiger partial charge < -0.3 is 14.8 Å². The summed E-state index contributed by atoms with van der Waals surface area (Å²) in [5.41, 5.74) is 3.23. The van der Waals surface area contributed by atoms with Gasteiger partial charge in [0.1, 0.15) is 10.6 Å². The fourth-order valence-corrected chi connectivity index (χ4v) is 4.21. The molecule has 4 rings (SSSR count). The van der Waals surface area contributed by atoms with E-state index in [0.717, 1.165) is 27.2 Å². The third-order valence-electron chi connectivity index (χ3n) is 4.88. The highest BCUT2D eigenvalue weighted by Gasteiger charge is 2.16. The number of nitrogens with zero attached hydrogens (tertiary/aromatic N) is 3. The summed E-state index contributed by atoms with van der Waals surface area (Å²) in [6.07, 6.45) is 3.51. The van der Waals surface area contributed by atoms with Crippen molar-refractivity contribution in [2.75, 3.05) is 19.5 Å². The molecule has 0 amide bonds. The molecule has 0 fully saturated rings. The number of fused-ring (bicyclic) bond motifs is 1. The zero-order valence-electron chi connectivity index (χ0n) is 16.8. The van der Waals surface area contributed by atoms with Crippen LogP contribution in [0.25, 0.3) is 21.6 Å². The molecular weight excluding hydrogens is 384 g/mol. The van der Waals surface area contributed by atoms with Crippen LogP contribution in [0.4, 0.5) is 5.82 Å². The van der Waals surface area contributed by atoms with Gasteiger partial charge in [-0.25, -0.2) is 9.97 Å². The van der Waals surface area contributed by atoms with Gasteiger partial charge in [0.15, 0.2) is 17.3 Å². The van der Waals surface area contributed by atoms with E-state index in [9.17, 15) is 0 Å². The first-order valence-electron chi connectivity index (χ1n) is 9.23. The van der Waals surface area contributed by atoms with Gasteiger partial charge in [0.2, 0.25) is 0 Å². The molecule has 3 aromatic heterocycles. The topological polar surface area (TPSA) is 69.2 Å². The van der Waals surface area contributed by atoms with Crippen LogP contribution in [0.1, 0.15) is 16.0 Å². The van der Waals surface area contributed by atoms with Crippen molar-refractivity contribution >= 4 is 27.4 Å². The molecule has 1 N–H and O–H groups in total. The highest BCUT2D eigenvalue weighted by molar-refractivity contribution is 7.18. The predicted octanol–water partition coefficient (Wildman–Crippen LogP) is 5.00. The van der Waals surface area contributed by atoms with Gasteiger partial charge in [-0.05, 0) is 49.2 Å². The van der Waals surface area contributed by atoms with Gasteiger partial charge in [-0.2, -0.15) is 0 Å². The summed E-state index contributed by atoms with van der Waals surface area (Å²) in [5, 5.41) is 4.58. The number of ether oxygens (including phenoxy) is 2. The number of benzene rings is 1. The predicted molar refractivity (Wildman–Crippen MR) is 117 cm³/mol. The molecule has 0 saturated carbocycles. The molecule has 0 aliphatic heterocycles. The number of nitrogens with one attached hydrogen (secondary N) is 1. The zero-order chi connectivity index (χ0) is 20.4. The lowest BCUT2D eigenvalue weighted by Gasteiger charge is -2.12. The first kappa shape index (κ1) is 19.1. The Bertz CT molecular complexity index is 1160. The van der Waals surface area contributed by atoms with Crippen molar-refractivity contribution < 1.29 is 9.47 Å². The summed E-state index contributed by atoms with van der Waals surface area (Å²) in [5.74, 6) is 2.94. The number of aromatic nitrogens is 3. The number of methoxy groups -OCH3 is 2. The molecule has 29 heavy (non-hydrogen) atoms. The molecule has 0 aliphatic rings. The van der Waals surface area contributed by atoms with E-state index in [2.05, 4.69) is 24.1 Å². The fraction of sp³-hybridized carbons (Fsp3) is 0.227. The summed E-state index contributed by atoms with van der Waals surface area (Å²) in [6, 6.07) is 9.75. The maximum Gasteiger partial charge on any atom is 0.163 e. The van der Waals surface area contributed by atoms with E-state index in [4.69, 9.17) is 19.4 Å². The lowest BCUT2D eigenvalue weighted by Crippen LogP contribution is -2.04. The van der Waals surface area contributed by atoms with Gasteiger partial charge in [-0.3, -0.25) is 4.98 Å². The van der Waals surface area contributed by atoms with E-state index in [-0.39, 0.29) is 0 Å². The molecule has 3 heterocycles. The van der Waals surface area contributed by atoms with Crippen LogP contribution in [0.2, 0.25) is 0 Å². The number of aryl methyl sites for hydroxylation is 2. The van der Waals surface area contributed by atoms with Crippen molar-refractivity contribution in [3.05, 3.63) is 58.7 Å². The SMILES string of the molecule is COc1ccc(CNc2nc(-c3ccncc3)nc3sc(C)c(C)c23)cc1OC. The van der Waals surface area contributed by atoms with Crippen molar-refractivity contribution in [1.82, 2.24) is 15.0 Å². The first-order valence-corrected chi connectivity index (χ1v) is 10.0. The van der Waals surface area contributed by atoms with Crippen LogP contribution >= 0.6 is 11.3 Å². The molecule has 0 unspecified atom stereocenters. The normalized spacial score (nSPS) is 10.9. The van der Waals surface area contributed by atoms with Crippen LogP contribution in [0.15, 0.2) is 42.7 Å². The third-order valence-corrected chi connectivity index (χ3v) is 5.98. The van der Waals surface area contributed by atoms with Crippen LogP contribution in [0.3, 0.4) is 0 Å². The Balaban J connectivity index is 1.72. The van der Waals surface area contributed by atoms with Gasteiger partial charge in [0.25, 0.3) is 0 Å². The van der Waals surface area contributed by atoms with Crippen LogP contribution in [0.5, 0.6) is 11.5 Å². The van der Waals surface area contributed by atoms with Gasteiger partial charge >= 0.3 is 0 Å². The lowest BCUT2D eigenvalue weighted by molar-refractivity contribution is 0.354. The number of thiophene rings is 1. The van der Waals surface area contributed by atoms with Crippen molar-refractivity contribution in [2.24, 2.45) is 0 Å². The number of hydrogen-bond donors (Lipinski definition) is 1. The Morgan fingerprint density at radius 3 is 2.45 bits per heavy atom. The van der Waals surface area contributed by atoms with Gasteiger partial charge in [-0.15, -0.1) is 11.3 Å². The molecule has 0 radical (unpaired) electrons. The van der Waals surface area contributed by atoms with Crippen LogP contribution in [0, 0.1) is 13.8 Å². The Hall–Kier alpha value is -3.19. The van der Waals surface area contributed by atoms with Crippen LogP contribution in [-0.2, 0) is 6.54 Å². The molecule has 6 nitrogen and oxygen atoms in total. The van der Waals surface area contributed by atoms with Crippen LogP contribution < -0.4 is 14.8 Å². The summed E-state index contributed by atoms with van der Waals surface area (Å²) in [6.45, 7) is 4.84. The second-order valence-corrected chi connectivity index (χ2v) is 7.84. The van der Waals surface area contributed by atoms with Crippen LogP contribution in [-0.4, -0.2) is 29.2 Å². The highest BCUT2D eigenvalue weighted by Crippen LogP contribution is 2.35.